The van der Waals surface area contributed by atoms with Crippen molar-refractivity contribution in [1.82, 2.24) is 25.2 Å². The number of pyridine rings is 1. The highest BCUT2D eigenvalue weighted by molar-refractivity contribution is 6.00. The van der Waals surface area contributed by atoms with Crippen molar-refractivity contribution in [2.75, 3.05) is 35.6 Å². The van der Waals surface area contributed by atoms with Crippen LogP contribution in [0.3, 0.4) is 0 Å². The van der Waals surface area contributed by atoms with E-state index in [9.17, 15) is 14.4 Å². The van der Waals surface area contributed by atoms with Gasteiger partial charge >= 0.3 is 12.1 Å². The summed E-state index contributed by atoms with van der Waals surface area (Å²) in [5.74, 6) is 0.752. The number of para-hydroxylation sites is 1. The quantitative estimate of drug-likeness (QED) is 0.115. The lowest BCUT2D eigenvalue weighted by Crippen LogP contribution is -2.40. The maximum atomic E-state index is 12.8. The Balaban J connectivity index is 1.35. The Kier molecular flexibility index (Phi) is 12.6. The minimum Gasteiger partial charge on any atom is -0.462 e. The second-order valence-electron chi connectivity index (χ2n) is 11.5. The normalized spacial score (nSPS) is 10.7. The minimum atomic E-state index is -0.622. The van der Waals surface area contributed by atoms with Crippen LogP contribution in [0.25, 0.3) is 0 Å². The fourth-order valence-corrected chi connectivity index (χ4v) is 4.41. The zero-order chi connectivity index (χ0) is 34.5. The number of nitrogens with zero attached hydrogens (tertiary/aromatic N) is 4. The van der Waals surface area contributed by atoms with E-state index in [4.69, 9.17) is 9.47 Å². The molecule has 4 N–H and O–H groups in total. The number of amides is 2. The molecule has 13 heteroatoms. The van der Waals surface area contributed by atoms with Crippen molar-refractivity contribution >= 4 is 46.9 Å². The van der Waals surface area contributed by atoms with E-state index in [1.807, 2.05) is 75.4 Å². The van der Waals surface area contributed by atoms with E-state index in [0.29, 0.717) is 41.1 Å². The summed E-state index contributed by atoms with van der Waals surface area (Å²) >= 11 is 0. The summed E-state index contributed by atoms with van der Waals surface area (Å²) in [7, 11) is 0. The Morgan fingerprint density at radius 3 is 2.33 bits per heavy atom. The third-order valence-electron chi connectivity index (χ3n) is 6.67. The van der Waals surface area contributed by atoms with E-state index >= 15 is 0 Å². The van der Waals surface area contributed by atoms with Gasteiger partial charge in [0.1, 0.15) is 24.8 Å². The van der Waals surface area contributed by atoms with Gasteiger partial charge in [0.2, 0.25) is 5.95 Å². The lowest BCUT2D eigenvalue weighted by atomic mass is 10.1. The number of anilines is 5. The van der Waals surface area contributed by atoms with Gasteiger partial charge in [-0.2, -0.15) is 4.98 Å². The summed E-state index contributed by atoms with van der Waals surface area (Å²) < 4.78 is 10.7. The van der Waals surface area contributed by atoms with Crippen molar-refractivity contribution in [1.29, 1.82) is 0 Å². The van der Waals surface area contributed by atoms with Gasteiger partial charge in [0.05, 0.1) is 29.2 Å². The lowest BCUT2D eigenvalue weighted by Gasteiger charge is -2.22. The molecule has 48 heavy (non-hydrogen) atoms. The summed E-state index contributed by atoms with van der Waals surface area (Å²) in [4.78, 5) is 52.6. The molecule has 0 aliphatic heterocycles. The molecule has 0 spiro atoms. The maximum Gasteiger partial charge on any atom is 0.410 e. The SMILES string of the molecule is Cc1cnc(Nc2ccc(NCCN(CC(=O)OC(C)C)C(=O)OCc3ccccc3)nc2)nc1Nc1ccccc1C(=O)NC(C)C. The molecule has 4 aromatic rings. The number of aryl methyl sites for hydroxylation is 1. The average molecular weight is 655 g/mol. The largest absolute Gasteiger partial charge is 0.462 e. The number of rotatable bonds is 15. The molecule has 2 aromatic heterocycles. The second-order valence-corrected chi connectivity index (χ2v) is 11.5. The number of esters is 1. The summed E-state index contributed by atoms with van der Waals surface area (Å²) in [6.07, 6.45) is 2.38. The molecule has 0 fully saturated rings. The molecule has 2 aromatic carbocycles. The molecule has 0 saturated carbocycles. The third-order valence-corrected chi connectivity index (χ3v) is 6.67. The first-order valence-corrected chi connectivity index (χ1v) is 15.7. The Morgan fingerprint density at radius 1 is 0.875 bits per heavy atom. The van der Waals surface area contributed by atoms with Gasteiger partial charge < -0.3 is 30.7 Å². The molecule has 4 rings (SSSR count). The molecule has 2 amide bonds. The number of hydrogen-bond donors (Lipinski definition) is 4. The highest BCUT2D eigenvalue weighted by Crippen LogP contribution is 2.24. The molecule has 0 unspecified atom stereocenters. The molecule has 0 bridgehead atoms. The van der Waals surface area contributed by atoms with E-state index in [1.54, 1.807) is 38.4 Å². The Bertz CT molecular complexity index is 1670. The van der Waals surface area contributed by atoms with Gasteiger partial charge in [0.25, 0.3) is 5.91 Å². The number of ether oxygens (including phenoxy) is 2. The van der Waals surface area contributed by atoms with Crippen LogP contribution in [0.4, 0.5) is 33.8 Å². The van der Waals surface area contributed by atoms with Crippen molar-refractivity contribution in [3.05, 3.63) is 95.8 Å². The zero-order valence-electron chi connectivity index (χ0n) is 27.8. The summed E-state index contributed by atoms with van der Waals surface area (Å²) in [5, 5.41) is 12.5. The highest BCUT2D eigenvalue weighted by atomic mass is 16.6. The first kappa shape index (κ1) is 35.1. The van der Waals surface area contributed by atoms with Gasteiger partial charge in [-0.05, 0) is 64.4 Å². The maximum absolute atomic E-state index is 12.8. The van der Waals surface area contributed by atoms with E-state index in [-0.39, 0.29) is 37.7 Å². The molecule has 0 saturated heterocycles. The summed E-state index contributed by atoms with van der Waals surface area (Å²) in [5.41, 5.74) is 3.42. The van der Waals surface area contributed by atoms with Gasteiger partial charge in [-0.3, -0.25) is 14.5 Å². The predicted molar refractivity (Wildman–Crippen MR) is 185 cm³/mol. The van der Waals surface area contributed by atoms with E-state index in [1.165, 1.54) is 4.90 Å². The van der Waals surface area contributed by atoms with Crippen molar-refractivity contribution in [3.63, 3.8) is 0 Å². The van der Waals surface area contributed by atoms with Crippen molar-refractivity contribution in [2.45, 2.75) is 53.4 Å². The van der Waals surface area contributed by atoms with Crippen LogP contribution in [-0.2, 0) is 20.9 Å². The van der Waals surface area contributed by atoms with E-state index in [2.05, 4.69) is 36.2 Å². The number of carbonyl (C=O) groups is 3. The van der Waals surface area contributed by atoms with Crippen LogP contribution in [0.5, 0.6) is 0 Å². The van der Waals surface area contributed by atoms with Crippen LogP contribution >= 0.6 is 0 Å². The van der Waals surface area contributed by atoms with Crippen LogP contribution in [0.1, 0.15) is 49.2 Å². The fourth-order valence-electron chi connectivity index (χ4n) is 4.41. The molecule has 252 valence electrons. The second kappa shape index (κ2) is 17.3. The highest BCUT2D eigenvalue weighted by Gasteiger charge is 2.20. The lowest BCUT2D eigenvalue weighted by molar-refractivity contribution is -0.148. The molecule has 13 nitrogen and oxygen atoms in total. The predicted octanol–water partition coefficient (Wildman–Crippen LogP) is 5.81. The standard InChI is InChI=1S/C35H42N8O5/c1-23(2)39-33(45)28-13-9-10-14-29(28)41-32-25(5)19-38-34(42-32)40-27-15-16-30(37-20-27)36-17-18-43(21-31(44)48-24(3)4)35(46)47-22-26-11-7-6-8-12-26/h6-16,19-20,23-24H,17-18,21-22H2,1-5H3,(H,36,37)(H,39,45)(H2,38,40,41,42). The third kappa shape index (κ3) is 11.0. The Morgan fingerprint density at radius 2 is 1.62 bits per heavy atom. The molecule has 0 atom stereocenters. The van der Waals surface area contributed by atoms with Gasteiger partial charge in [-0.15, -0.1) is 0 Å². The molecule has 0 radical (unpaired) electrons. The number of carbonyl (C=O) groups excluding carboxylic acids is 3. The van der Waals surface area contributed by atoms with Crippen LogP contribution < -0.4 is 21.3 Å². The van der Waals surface area contributed by atoms with Gasteiger partial charge in [0, 0.05) is 30.9 Å². The molecular formula is C35H42N8O5. The number of aromatic nitrogens is 3. The Labute approximate surface area is 280 Å². The van der Waals surface area contributed by atoms with Gasteiger partial charge in [-0.25, -0.2) is 14.8 Å². The van der Waals surface area contributed by atoms with Crippen molar-refractivity contribution in [3.8, 4) is 0 Å². The first-order valence-electron chi connectivity index (χ1n) is 15.7. The van der Waals surface area contributed by atoms with Gasteiger partial charge in [-0.1, -0.05) is 42.5 Å². The molecular weight excluding hydrogens is 612 g/mol. The summed E-state index contributed by atoms with van der Waals surface area (Å²) in [6.45, 7) is 9.53. The zero-order valence-corrected chi connectivity index (χ0v) is 27.8. The van der Waals surface area contributed by atoms with Crippen LogP contribution in [-0.4, -0.2) is 69.6 Å². The number of hydrogen-bond acceptors (Lipinski definition) is 11. The van der Waals surface area contributed by atoms with Gasteiger partial charge in [0.15, 0.2) is 0 Å². The van der Waals surface area contributed by atoms with Crippen LogP contribution in [0.2, 0.25) is 0 Å². The molecule has 0 aliphatic carbocycles. The van der Waals surface area contributed by atoms with E-state index in [0.717, 1.165) is 11.1 Å². The number of benzene rings is 2. The van der Waals surface area contributed by atoms with Crippen LogP contribution in [0, 0.1) is 6.92 Å². The summed E-state index contributed by atoms with van der Waals surface area (Å²) in [6, 6.07) is 20.1. The molecule has 0 aliphatic rings. The monoisotopic (exact) mass is 654 g/mol. The average Bonchev–Trinajstić information content (AvgIpc) is 3.05. The van der Waals surface area contributed by atoms with E-state index < -0.39 is 12.1 Å². The van der Waals surface area contributed by atoms with Crippen LogP contribution in [0.15, 0.2) is 79.1 Å². The topological polar surface area (TPSA) is 160 Å². The van der Waals surface area contributed by atoms with Crippen molar-refractivity contribution in [2.24, 2.45) is 0 Å². The molecule has 2 heterocycles. The number of nitrogens with one attached hydrogen (secondary N) is 4. The smallest absolute Gasteiger partial charge is 0.410 e. The van der Waals surface area contributed by atoms with Crippen molar-refractivity contribution < 1.29 is 23.9 Å². The minimum absolute atomic E-state index is 0.00124. The fraction of sp³-hybridized carbons (Fsp3) is 0.314. The first-order chi connectivity index (χ1) is 23.1. The Hall–Kier alpha value is -5.72.